The number of carbonyl (C=O) groups excluding carboxylic acids is 2. The lowest BCUT2D eigenvalue weighted by atomic mass is 10.1. The minimum Gasteiger partial charge on any atom is -0.465 e. The number of piperazine rings is 1. The number of hydrogen-bond acceptors (Lipinski definition) is 9. The zero-order valence-corrected chi connectivity index (χ0v) is 20.9. The quantitative estimate of drug-likeness (QED) is 0.369. The van der Waals surface area contributed by atoms with Crippen LogP contribution in [0.25, 0.3) is 0 Å². The molecule has 186 valence electrons. The first kappa shape index (κ1) is 27.6. The van der Waals surface area contributed by atoms with Gasteiger partial charge in [0.1, 0.15) is 5.75 Å². The standard InChI is InChI=1S/C23H38N4O5S/c1-17(22(30)26-13-11-25(4)12-14-26)24-23(31)27(15-16-33-19(3)29)10-9-20-5-7-21(8-6-20)32-18(2)28/h5-8,17-18,23-24,28,31H,9-16H2,1-4H3/t17-,18?,23?/m0/s1. The predicted molar refractivity (Wildman–Crippen MR) is 130 cm³/mol. The summed E-state index contributed by atoms with van der Waals surface area (Å²) >= 11 is 1.21. The van der Waals surface area contributed by atoms with E-state index in [1.54, 1.807) is 26.0 Å². The molecule has 3 N–H and O–H groups in total. The first-order valence-electron chi connectivity index (χ1n) is 11.4. The molecule has 0 aliphatic carbocycles. The zero-order chi connectivity index (χ0) is 24.4. The van der Waals surface area contributed by atoms with Gasteiger partial charge in [0.2, 0.25) is 5.91 Å². The number of nitrogens with one attached hydrogen (secondary N) is 1. The highest BCUT2D eigenvalue weighted by atomic mass is 32.2. The number of carbonyl (C=O) groups is 2. The van der Waals surface area contributed by atoms with Gasteiger partial charge in [0, 0.05) is 51.9 Å². The molecule has 1 aliphatic heterocycles. The van der Waals surface area contributed by atoms with Gasteiger partial charge in [-0.05, 0) is 45.0 Å². The minimum atomic E-state index is -1.01. The van der Waals surface area contributed by atoms with Crippen LogP contribution in [0.15, 0.2) is 24.3 Å². The molecule has 2 rings (SSSR count). The number of thioether (sulfide) groups is 1. The van der Waals surface area contributed by atoms with Gasteiger partial charge in [-0.15, -0.1) is 0 Å². The van der Waals surface area contributed by atoms with E-state index < -0.39 is 18.7 Å². The van der Waals surface area contributed by atoms with Gasteiger partial charge in [-0.25, -0.2) is 0 Å². The number of aliphatic hydroxyl groups is 2. The van der Waals surface area contributed by atoms with Crippen LogP contribution in [-0.2, 0) is 16.0 Å². The summed E-state index contributed by atoms with van der Waals surface area (Å²) in [5.41, 5.74) is 1.05. The Hall–Kier alpha value is -1.69. The highest BCUT2D eigenvalue weighted by molar-refractivity contribution is 8.13. The predicted octanol–water partition coefficient (Wildman–Crippen LogP) is 0.556. The van der Waals surface area contributed by atoms with Crippen molar-refractivity contribution in [3.05, 3.63) is 29.8 Å². The first-order valence-corrected chi connectivity index (χ1v) is 12.4. The summed E-state index contributed by atoms with van der Waals surface area (Å²) in [6, 6.07) is 6.90. The fourth-order valence-electron chi connectivity index (χ4n) is 3.57. The summed E-state index contributed by atoms with van der Waals surface area (Å²) < 4.78 is 5.25. The van der Waals surface area contributed by atoms with Crippen LogP contribution in [0, 0.1) is 0 Å². The van der Waals surface area contributed by atoms with E-state index in [0.29, 0.717) is 44.1 Å². The van der Waals surface area contributed by atoms with E-state index in [0.717, 1.165) is 18.7 Å². The van der Waals surface area contributed by atoms with Crippen LogP contribution in [-0.4, -0.2) is 107 Å². The van der Waals surface area contributed by atoms with Gasteiger partial charge in [0.05, 0.1) is 6.04 Å². The van der Waals surface area contributed by atoms with Crippen LogP contribution in [0.1, 0.15) is 26.3 Å². The average Bonchev–Trinajstić information content (AvgIpc) is 2.76. The molecule has 0 saturated carbocycles. The maximum atomic E-state index is 12.8. The molecule has 1 aromatic carbocycles. The molecule has 10 heteroatoms. The van der Waals surface area contributed by atoms with Gasteiger partial charge in [-0.1, -0.05) is 23.9 Å². The van der Waals surface area contributed by atoms with Gasteiger partial charge in [-0.2, -0.15) is 0 Å². The minimum absolute atomic E-state index is 0.0195. The van der Waals surface area contributed by atoms with Gasteiger partial charge in [0.25, 0.3) is 0 Å². The van der Waals surface area contributed by atoms with Crippen LogP contribution < -0.4 is 10.1 Å². The molecule has 9 nitrogen and oxygen atoms in total. The number of aliphatic hydroxyl groups excluding tert-OH is 2. The molecule has 0 aromatic heterocycles. The van der Waals surface area contributed by atoms with Crippen LogP contribution in [0.2, 0.25) is 0 Å². The van der Waals surface area contributed by atoms with E-state index in [-0.39, 0.29) is 11.0 Å². The normalized spacial score (nSPS) is 17.6. The topological polar surface area (TPSA) is 106 Å². The zero-order valence-electron chi connectivity index (χ0n) is 20.1. The maximum Gasteiger partial charge on any atom is 0.239 e. The van der Waals surface area contributed by atoms with Crippen molar-refractivity contribution in [1.82, 2.24) is 20.0 Å². The number of rotatable bonds is 12. The van der Waals surface area contributed by atoms with E-state index in [1.165, 1.54) is 18.7 Å². The molecule has 1 fully saturated rings. The average molecular weight is 483 g/mol. The van der Waals surface area contributed by atoms with E-state index >= 15 is 0 Å². The maximum absolute atomic E-state index is 12.8. The van der Waals surface area contributed by atoms with Crippen LogP contribution in [0.3, 0.4) is 0 Å². The lowest BCUT2D eigenvalue weighted by Gasteiger charge is -2.35. The summed E-state index contributed by atoms with van der Waals surface area (Å²) in [5.74, 6) is 1.12. The van der Waals surface area contributed by atoms with Crippen molar-refractivity contribution in [3.63, 3.8) is 0 Å². The molecule has 0 spiro atoms. The lowest BCUT2D eigenvalue weighted by Crippen LogP contribution is -2.57. The van der Waals surface area contributed by atoms with Crippen molar-refractivity contribution >= 4 is 22.8 Å². The third-order valence-electron chi connectivity index (χ3n) is 5.53. The number of benzene rings is 1. The first-order chi connectivity index (χ1) is 15.7. The smallest absolute Gasteiger partial charge is 0.239 e. The Bertz CT molecular complexity index is 741. The molecule has 1 saturated heterocycles. The van der Waals surface area contributed by atoms with Gasteiger partial charge in [-0.3, -0.25) is 19.8 Å². The second-order valence-electron chi connectivity index (χ2n) is 8.38. The number of amides is 1. The molecule has 0 radical (unpaired) electrons. The Morgan fingerprint density at radius 1 is 1.12 bits per heavy atom. The summed E-state index contributed by atoms with van der Waals surface area (Å²) in [4.78, 5) is 30.0. The molecule has 0 bridgehead atoms. The van der Waals surface area contributed by atoms with Crippen LogP contribution >= 0.6 is 11.8 Å². The monoisotopic (exact) mass is 482 g/mol. The van der Waals surface area contributed by atoms with Crippen molar-refractivity contribution in [1.29, 1.82) is 0 Å². The van der Waals surface area contributed by atoms with Crippen molar-refractivity contribution in [2.75, 3.05) is 52.1 Å². The molecule has 1 aliphatic rings. The van der Waals surface area contributed by atoms with E-state index in [9.17, 15) is 19.8 Å². The van der Waals surface area contributed by atoms with Gasteiger partial charge >= 0.3 is 0 Å². The second-order valence-corrected chi connectivity index (χ2v) is 9.65. The molecule has 33 heavy (non-hydrogen) atoms. The Kier molecular flexibility index (Phi) is 11.6. The number of likely N-dealkylation sites (N-methyl/N-ethyl adjacent to an activating group) is 1. The summed E-state index contributed by atoms with van der Waals surface area (Å²) in [5, 5.41) is 23.2. The Morgan fingerprint density at radius 2 is 1.76 bits per heavy atom. The molecule has 1 heterocycles. The Balaban J connectivity index is 1.93. The van der Waals surface area contributed by atoms with Crippen molar-refractivity contribution < 1.29 is 24.5 Å². The largest absolute Gasteiger partial charge is 0.465 e. The lowest BCUT2D eigenvalue weighted by molar-refractivity contribution is -0.137. The fraction of sp³-hybridized carbons (Fsp3) is 0.652. The molecular weight excluding hydrogens is 444 g/mol. The highest BCUT2D eigenvalue weighted by Crippen LogP contribution is 2.15. The van der Waals surface area contributed by atoms with Crippen molar-refractivity contribution in [3.8, 4) is 5.75 Å². The highest BCUT2D eigenvalue weighted by Gasteiger charge is 2.26. The van der Waals surface area contributed by atoms with Gasteiger partial charge < -0.3 is 24.7 Å². The fourth-order valence-corrected chi connectivity index (χ4v) is 4.18. The van der Waals surface area contributed by atoms with E-state index in [4.69, 9.17) is 4.74 Å². The molecule has 1 aromatic rings. The number of hydrogen-bond donors (Lipinski definition) is 3. The third kappa shape index (κ3) is 9.99. The SMILES string of the molecule is CC(=O)SCCN(CCc1ccc(OC(C)O)cc1)C(O)N[C@@H](C)C(=O)N1CCN(C)CC1. The number of ether oxygens (including phenoxy) is 1. The molecule has 3 atom stereocenters. The summed E-state index contributed by atoms with van der Waals surface area (Å²) in [6.07, 6.45) is -1.22. The second kappa shape index (κ2) is 13.9. The molecule has 2 unspecified atom stereocenters. The van der Waals surface area contributed by atoms with E-state index in [1.807, 2.05) is 29.0 Å². The number of nitrogens with zero attached hydrogens (tertiary/aromatic N) is 3. The Morgan fingerprint density at radius 3 is 2.33 bits per heavy atom. The molecule has 1 amide bonds. The summed E-state index contributed by atoms with van der Waals surface area (Å²) in [6.45, 7) is 8.94. The summed E-state index contributed by atoms with van der Waals surface area (Å²) in [7, 11) is 2.04. The van der Waals surface area contributed by atoms with Crippen molar-refractivity contribution in [2.45, 2.75) is 45.9 Å². The van der Waals surface area contributed by atoms with Crippen LogP contribution in [0.4, 0.5) is 0 Å². The van der Waals surface area contributed by atoms with Gasteiger partial charge in [0.15, 0.2) is 17.8 Å². The van der Waals surface area contributed by atoms with Crippen LogP contribution in [0.5, 0.6) is 5.75 Å². The van der Waals surface area contributed by atoms with Crippen molar-refractivity contribution in [2.24, 2.45) is 0 Å². The Labute approximate surface area is 201 Å². The molecular formula is C23H38N4O5S. The van der Waals surface area contributed by atoms with E-state index in [2.05, 4.69) is 10.2 Å². The third-order valence-corrected chi connectivity index (χ3v) is 6.33.